The molecular weight excluding hydrogens is 403 g/mol. The largest absolute Gasteiger partial charge is 0.467 e. The van der Waals surface area contributed by atoms with Crippen LogP contribution in [0, 0.1) is 6.92 Å². The van der Waals surface area contributed by atoms with Gasteiger partial charge in [0, 0.05) is 17.8 Å². The second-order valence-electron chi connectivity index (χ2n) is 9.45. The van der Waals surface area contributed by atoms with Gasteiger partial charge in [-0.2, -0.15) is 0 Å². The predicted octanol–water partition coefficient (Wildman–Crippen LogP) is 6.57. The number of hydrogen-bond donors (Lipinski definition) is 1. The molecule has 0 aromatic heterocycles. The van der Waals surface area contributed by atoms with Crippen molar-refractivity contribution in [3.8, 4) is 5.75 Å². The topological polar surface area (TPSA) is 38.7 Å². The molecule has 2 aromatic rings. The molecule has 3 nitrogen and oxygen atoms in total. The van der Waals surface area contributed by atoms with Crippen LogP contribution in [0.1, 0.15) is 82.6 Å². The van der Waals surface area contributed by atoms with Crippen LogP contribution in [0.25, 0.3) is 0 Å². The summed E-state index contributed by atoms with van der Waals surface area (Å²) < 4.78 is 11.5. The number of ether oxygens (including phenoxy) is 2. The molecule has 4 heteroatoms. The van der Waals surface area contributed by atoms with Crippen LogP contribution in [-0.2, 0) is 21.9 Å². The minimum atomic E-state index is -0.0453. The van der Waals surface area contributed by atoms with Gasteiger partial charge in [-0.25, -0.2) is 0 Å². The summed E-state index contributed by atoms with van der Waals surface area (Å²) in [5.74, 6) is 0.960. The lowest BCUT2D eigenvalue weighted by atomic mass is 9.80. The van der Waals surface area contributed by atoms with Gasteiger partial charge in [-0.05, 0) is 47.2 Å². The van der Waals surface area contributed by atoms with Gasteiger partial charge in [0.2, 0.25) is 0 Å². The van der Waals surface area contributed by atoms with E-state index in [1.165, 1.54) is 16.4 Å². The number of unbranched alkanes of at least 4 members (excludes halogenated alkanes) is 1. The Bertz CT molecular complexity index is 841. The first-order chi connectivity index (χ1) is 14.7. The minimum absolute atomic E-state index is 0.0453. The highest BCUT2D eigenvalue weighted by Gasteiger charge is 2.35. The Hall–Kier alpha value is -1.41. The Labute approximate surface area is 191 Å². The van der Waals surface area contributed by atoms with E-state index in [0.29, 0.717) is 8.58 Å². The first kappa shape index (κ1) is 25.8. The maximum absolute atomic E-state index is 9.96. The second kappa shape index (κ2) is 11.5. The fourth-order valence-corrected chi connectivity index (χ4v) is 5.93. The predicted molar refractivity (Wildman–Crippen MR) is 134 cm³/mol. The van der Waals surface area contributed by atoms with E-state index < -0.39 is 0 Å². The van der Waals surface area contributed by atoms with Crippen LogP contribution in [0.2, 0.25) is 0 Å². The normalized spacial score (nSPS) is 14.2. The van der Waals surface area contributed by atoms with Crippen LogP contribution in [0.15, 0.2) is 36.4 Å². The monoisotopic (exact) mass is 444 g/mol. The Morgan fingerprint density at radius 3 is 2.35 bits per heavy atom. The molecule has 0 saturated carbocycles. The van der Waals surface area contributed by atoms with E-state index in [1.807, 2.05) is 12.1 Å². The summed E-state index contributed by atoms with van der Waals surface area (Å²) in [5, 5.41) is 11.2. The van der Waals surface area contributed by atoms with Gasteiger partial charge in [0.25, 0.3) is 0 Å². The first-order valence-electron chi connectivity index (χ1n) is 11.5. The molecular formula is C27H41O3P. The van der Waals surface area contributed by atoms with Crippen molar-refractivity contribution < 1.29 is 14.6 Å². The SMILES string of the molecule is CCCCC(CC)(Pc1ccccc1CO)c1cc(C(C)(C)C)cc(C)c1OCOC. The summed E-state index contributed by atoms with van der Waals surface area (Å²) >= 11 is 0. The van der Waals surface area contributed by atoms with Crippen molar-refractivity contribution in [2.75, 3.05) is 13.9 Å². The number of rotatable bonds is 11. The van der Waals surface area contributed by atoms with Crippen molar-refractivity contribution in [2.45, 2.75) is 84.4 Å². The van der Waals surface area contributed by atoms with Crippen molar-refractivity contribution in [3.63, 3.8) is 0 Å². The minimum Gasteiger partial charge on any atom is -0.467 e. The van der Waals surface area contributed by atoms with Crippen molar-refractivity contribution >= 4 is 13.9 Å². The van der Waals surface area contributed by atoms with Crippen molar-refractivity contribution in [2.24, 2.45) is 0 Å². The molecule has 0 aliphatic carbocycles. The van der Waals surface area contributed by atoms with Crippen LogP contribution in [0.4, 0.5) is 0 Å². The van der Waals surface area contributed by atoms with E-state index in [1.54, 1.807) is 7.11 Å². The quantitative estimate of drug-likeness (QED) is 0.315. The van der Waals surface area contributed by atoms with Gasteiger partial charge in [-0.1, -0.05) is 92.4 Å². The third kappa shape index (κ3) is 6.31. The maximum Gasteiger partial charge on any atom is 0.188 e. The zero-order chi connectivity index (χ0) is 23.1. The van der Waals surface area contributed by atoms with E-state index in [9.17, 15) is 5.11 Å². The third-order valence-electron chi connectivity index (χ3n) is 6.10. The number of hydrogen-bond acceptors (Lipinski definition) is 3. The van der Waals surface area contributed by atoms with Gasteiger partial charge >= 0.3 is 0 Å². The fourth-order valence-electron chi connectivity index (χ4n) is 4.11. The van der Waals surface area contributed by atoms with Gasteiger partial charge in [0.05, 0.1) is 6.61 Å². The number of methoxy groups -OCH3 is 1. The van der Waals surface area contributed by atoms with Crippen molar-refractivity contribution in [1.29, 1.82) is 0 Å². The first-order valence-corrected chi connectivity index (χ1v) is 12.5. The Morgan fingerprint density at radius 2 is 1.77 bits per heavy atom. The average molecular weight is 445 g/mol. The van der Waals surface area contributed by atoms with Crippen molar-refractivity contribution in [3.05, 3.63) is 58.7 Å². The molecule has 0 heterocycles. The van der Waals surface area contributed by atoms with Gasteiger partial charge in [0.1, 0.15) is 5.75 Å². The molecule has 172 valence electrons. The summed E-state index contributed by atoms with van der Waals surface area (Å²) in [7, 11) is 2.22. The highest BCUT2D eigenvalue weighted by molar-refractivity contribution is 7.48. The van der Waals surface area contributed by atoms with Crippen LogP contribution >= 0.6 is 8.58 Å². The summed E-state index contributed by atoms with van der Waals surface area (Å²) in [6.07, 6.45) is 4.42. The molecule has 0 spiro atoms. The standard InChI is InChI=1S/C27H41O3P/c1-8-10-15-27(9-2,31-24-14-12-11-13-21(24)18-28)23-17-22(26(4,5)6)16-20(3)25(23)30-19-29-7/h11-14,16-17,28,31H,8-10,15,18-19H2,1-7H3. The van der Waals surface area contributed by atoms with E-state index in [2.05, 4.69) is 65.8 Å². The Kier molecular flexibility index (Phi) is 9.55. The molecule has 2 unspecified atom stereocenters. The molecule has 1 N–H and O–H groups in total. The fraction of sp³-hybridized carbons (Fsp3) is 0.556. The van der Waals surface area contributed by atoms with Crippen LogP contribution in [0.3, 0.4) is 0 Å². The summed E-state index contributed by atoms with van der Waals surface area (Å²) in [6.45, 7) is 13.8. The van der Waals surface area contributed by atoms with Gasteiger partial charge in [-0.15, -0.1) is 0 Å². The highest BCUT2D eigenvalue weighted by atomic mass is 31.1. The smallest absolute Gasteiger partial charge is 0.188 e. The van der Waals surface area contributed by atoms with E-state index in [4.69, 9.17) is 9.47 Å². The van der Waals surface area contributed by atoms with Crippen molar-refractivity contribution in [1.82, 2.24) is 0 Å². The number of benzene rings is 2. The molecule has 2 atom stereocenters. The zero-order valence-electron chi connectivity index (χ0n) is 20.5. The lowest BCUT2D eigenvalue weighted by molar-refractivity contribution is 0.0493. The Morgan fingerprint density at radius 1 is 1.06 bits per heavy atom. The highest BCUT2D eigenvalue weighted by Crippen LogP contribution is 2.53. The van der Waals surface area contributed by atoms with Crippen LogP contribution < -0.4 is 10.0 Å². The van der Waals surface area contributed by atoms with Crippen LogP contribution in [-0.4, -0.2) is 19.0 Å². The molecule has 0 bridgehead atoms. The van der Waals surface area contributed by atoms with Gasteiger partial charge < -0.3 is 14.6 Å². The molecule has 0 fully saturated rings. The molecule has 31 heavy (non-hydrogen) atoms. The molecule has 2 rings (SSSR count). The number of aliphatic hydroxyl groups is 1. The summed E-state index contributed by atoms with van der Waals surface area (Å²) in [5.41, 5.74) is 4.86. The Balaban J connectivity index is 2.74. The summed E-state index contributed by atoms with van der Waals surface area (Å²) in [4.78, 5) is 0. The molecule has 0 amide bonds. The van der Waals surface area contributed by atoms with E-state index in [0.717, 1.165) is 42.6 Å². The van der Waals surface area contributed by atoms with Crippen LogP contribution in [0.5, 0.6) is 5.75 Å². The number of aryl methyl sites for hydroxylation is 1. The molecule has 0 aliphatic rings. The lowest BCUT2D eigenvalue weighted by Crippen LogP contribution is -2.26. The summed E-state index contributed by atoms with van der Waals surface area (Å²) in [6, 6.07) is 13.0. The molecule has 0 saturated heterocycles. The zero-order valence-corrected chi connectivity index (χ0v) is 21.5. The number of aliphatic hydroxyl groups excluding tert-OH is 1. The molecule has 0 radical (unpaired) electrons. The molecule has 0 aliphatic heterocycles. The molecule has 2 aromatic carbocycles. The van der Waals surface area contributed by atoms with Gasteiger partial charge in [-0.3, -0.25) is 0 Å². The van der Waals surface area contributed by atoms with E-state index >= 15 is 0 Å². The van der Waals surface area contributed by atoms with Gasteiger partial charge in [0.15, 0.2) is 6.79 Å². The third-order valence-corrected chi connectivity index (χ3v) is 8.21. The second-order valence-corrected chi connectivity index (χ2v) is 11.2. The average Bonchev–Trinajstić information content (AvgIpc) is 2.75. The van der Waals surface area contributed by atoms with E-state index in [-0.39, 0.29) is 24.0 Å². The maximum atomic E-state index is 9.96. The lowest BCUT2D eigenvalue weighted by Gasteiger charge is -2.37.